The zero-order chi connectivity index (χ0) is 28.1. The zero-order valence-corrected chi connectivity index (χ0v) is 23.3. The largest absolute Gasteiger partial charge is 0.340 e. The first-order valence-corrected chi connectivity index (χ1v) is 14.4. The highest BCUT2D eigenvalue weighted by molar-refractivity contribution is 7.17. The number of rotatable bonds is 11. The molecule has 0 spiro atoms. The number of benzene rings is 3. The fraction of sp³-hybridized carbons (Fsp3) is 0.212. The smallest absolute Gasteiger partial charge is 0.247 e. The maximum atomic E-state index is 13.8. The fourth-order valence-corrected chi connectivity index (χ4v) is 6.21. The second kappa shape index (κ2) is 12.4. The number of carbonyl (C=O) groups excluding carboxylic acids is 2. The quantitative estimate of drug-likeness (QED) is 0.0744. The summed E-state index contributed by atoms with van der Waals surface area (Å²) in [5, 5.41) is 10.2. The summed E-state index contributed by atoms with van der Waals surface area (Å²) in [5.74, 6) is -0.613. The van der Waals surface area contributed by atoms with Crippen LogP contribution in [0.4, 0.5) is 0 Å². The van der Waals surface area contributed by atoms with Gasteiger partial charge in [-0.3, -0.25) is 14.8 Å². The van der Waals surface area contributed by atoms with Crippen molar-refractivity contribution in [3.63, 3.8) is 0 Å². The Morgan fingerprint density at radius 1 is 0.925 bits per heavy atom. The van der Waals surface area contributed by atoms with E-state index in [1.54, 1.807) is 11.5 Å². The van der Waals surface area contributed by atoms with Crippen LogP contribution in [0.5, 0.6) is 0 Å². The Kier molecular flexibility index (Phi) is 8.55. The molecule has 7 heteroatoms. The van der Waals surface area contributed by atoms with Crippen LogP contribution in [0.25, 0.3) is 32.6 Å². The molecule has 0 saturated heterocycles. The Morgan fingerprint density at radius 3 is 2.40 bits per heavy atom. The van der Waals surface area contributed by atoms with Crippen LogP contribution in [0.3, 0.4) is 0 Å². The highest BCUT2D eigenvalue weighted by atomic mass is 32.1. The van der Waals surface area contributed by atoms with Crippen LogP contribution in [0, 0.1) is 0 Å². The van der Waals surface area contributed by atoms with E-state index in [2.05, 4.69) is 41.8 Å². The van der Waals surface area contributed by atoms with Gasteiger partial charge in [0, 0.05) is 33.6 Å². The van der Waals surface area contributed by atoms with Gasteiger partial charge >= 0.3 is 0 Å². The molecule has 5 rings (SSSR count). The lowest BCUT2D eigenvalue weighted by atomic mass is 10.0. The van der Waals surface area contributed by atoms with Crippen molar-refractivity contribution < 1.29 is 14.8 Å². The summed E-state index contributed by atoms with van der Waals surface area (Å²) < 4.78 is 2.28. The summed E-state index contributed by atoms with van der Waals surface area (Å²) in [4.78, 5) is 27.3. The van der Waals surface area contributed by atoms with Crippen LogP contribution in [-0.2, 0) is 24.2 Å². The summed E-state index contributed by atoms with van der Waals surface area (Å²) >= 11 is 1.38. The van der Waals surface area contributed by atoms with E-state index in [-0.39, 0.29) is 12.2 Å². The van der Waals surface area contributed by atoms with Crippen molar-refractivity contribution >= 4 is 33.9 Å². The number of nitrogens with two attached hydrogens (primary N) is 1. The average Bonchev–Trinajstić information content (AvgIpc) is 3.58. The predicted molar refractivity (Wildman–Crippen MR) is 162 cm³/mol. The molecular weight excluding hydrogens is 518 g/mol. The number of amides is 1. The summed E-state index contributed by atoms with van der Waals surface area (Å²) in [5.41, 5.74) is 14.2. The number of fused-ring (bicyclic) bond motifs is 1. The lowest BCUT2D eigenvalue weighted by Gasteiger charge is -2.11. The lowest BCUT2D eigenvalue weighted by molar-refractivity contribution is -0.128. The first-order chi connectivity index (χ1) is 19.5. The van der Waals surface area contributed by atoms with Crippen LogP contribution >= 0.6 is 11.3 Å². The van der Waals surface area contributed by atoms with E-state index in [1.165, 1.54) is 16.9 Å². The molecule has 204 valence electrons. The highest BCUT2D eigenvalue weighted by Crippen LogP contribution is 2.36. The van der Waals surface area contributed by atoms with E-state index in [0.717, 1.165) is 58.4 Å². The van der Waals surface area contributed by atoms with Crippen molar-refractivity contribution in [3.8, 4) is 21.7 Å². The molecule has 4 N–H and O–H groups in total. The predicted octanol–water partition coefficient (Wildman–Crippen LogP) is 6.62. The number of ketones is 1. The van der Waals surface area contributed by atoms with Crippen LogP contribution in [0.2, 0.25) is 0 Å². The van der Waals surface area contributed by atoms with Crippen LogP contribution < -0.4 is 11.2 Å². The van der Waals surface area contributed by atoms with Crippen molar-refractivity contribution in [1.29, 1.82) is 0 Å². The summed E-state index contributed by atoms with van der Waals surface area (Å²) in [6, 6.07) is 28.2. The molecule has 0 unspecified atom stereocenters. The minimum atomic E-state index is -0.520. The van der Waals surface area contributed by atoms with E-state index < -0.39 is 5.91 Å². The van der Waals surface area contributed by atoms with Crippen LogP contribution in [-0.4, -0.2) is 28.0 Å². The van der Waals surface area contributed by atoms with Crippen LogP contribution in [0.1, 0.15) is 46.1 Å². The third-order valence-electron chi connectivity index (χ3n) is 7.20. The van der Waals surface area contributed by atoms with Crippen LogP contribution in [0.15, 0.2) is 84.9 Å². The van der Waals surface area contributed by atoms with Crippen molar-refractivity contribution in [2.75, 3.05) is 6.54 Å². The average molecular weight is 552 g/mol. The van der Waals surface area contributed by atoms with Crippen molar-refractivity contribution in [2.24, 2.45) is 5.73 Å². The monoisotopic (exact) mass is 551 g/mol. The van der Waals surface area contributed by atoms with Gasteiger partial charge in [0.25, 0.3) is 0 Å². The topological polar surface area (TPSA) is 97.4 Å². The molecule has 0 saturated carbocycles. The van der Waals surface area contributed by atoms with E-state index in [4.69, 9.17) is 10.9 Å². The molecular formula is C33H33N3O3S. The van der Waals surface area contributed by atoms with Gasteiger partial charge in [-0.2, -0.15) is 0 Å². The summed E-state index contributed by atoms with van der Waals surface area (Å²) in [6.45, 7) is 3.55. The van der Waals surface area contributed by atoms with E-state index in [1.807, 2.05) is 48.5 Å². The van der Waals surface area contributed by atoms with Gasteiger partial charge in [0.1, 0.15) is 0 Å². The summed E-state index contributed by atoms with van der Waals surface area (Å²) in [7, 11) is 0. The van der Waals surface area contributed by atoms with Gasteiger partial charge in [-0.05, 0) is 66.3 Å². The fourth-order valence-electron chi connectivity index (χ4n) is 5.06. The third-order valence-corrected chi connectivity index (χ3v) is 8.43. The van der Waals surface area contributed by atoms with Gasteiger partial charge in [-0.25, -0.2) is 5.48 Å². The molecule has 0 aliphatic rings. The lowest BCUT2D eigenvalue weighted by Crippen LogP contribution is -2.20. The molecule has 3 aromatic carbocycles. The molecule has 0 aliphatic carbocycles. The van der Waals surface area contributed by atoms with Crippen molar-refractivity contribution in [1.82, 2.24) is 10.0 Å². The number of thiophene rings is 1. The second-order valence-corrected chi connectivity index (χ2v) is 10.9. The molecule has 1 amide bonds. The number of nitrogens with zero attached hydrogens (tertiary/aromatic N) is 1. The zero-order valence-electron chi connectivity index (χ0n) is 22.5. The van der Waals surface area contributed by atoms with E-state index >= 15 is 0 Å². The molecule has 0 bridgehead atoms. The molecule has 0 radical (unpaired) electrons. The molecule has 5 aromatic rings. The normalized spacial score (nSPS) is 11.2. The maximum Gasteiger partial charge on any atom is 0.247 e. The third kappa shape index (κ3) is 5.77. The molecule has 0 atom stereocenters. The van der Waals surface area contributed by atoms with Crippen molar-refractivity contribution in [3.05, 3.63) is 106 Å². The number of aryl methyl sites for hydroxylation is 2. The molecule has 40 heavy (non-hydrogen) atoms. The minimum Gasteiger partial charge on any atom is -0.340 e. The van der Waals surface area contributed by atoms with Gasteiger partial charge in [-0.1, -0.05) is 73.7 Å². The van der Waals surface area contributed by atoms with Gasteiger partial charge in [0.05, 0.1) is 11.3 Å². The number of unbranched alkanes of at least 4 members (excludes halogenated alkanes) is 1. The Hall–Kier alpha value is -4.04. The Balaban J connectivity index is 1.55. The Bertz CT molecular complexity index is 1640. The van der Waals surface area contributed by atoms with E-state index in [9.17, 15) is 9.59 Å². The first-order valence-electron chi connectivity index (χ1n) is 13.6. The van der Waals surface area contributed by atoms with Gasteiger partial charge in [0.15, 0.2) is 0 Å². The minimum absolute atomic E-state index is 0.0192. The second-order valence-electron chi connectivity index (χ2n) is 9.87. The molecule has 0 fully saturated rings. The number of aromatic nitrogens is 1. The summed E-state index contributed by atoms with van der Waals surface area (Å²) in [6.07, 6.45) is 2.78. The molecule has 6 nitrogen and oxygen atoms in total. The van der Waals surface area contributed by atoms with Gasteiger partial charge < -0.3 is 10.3 Å². The molecule has 0 aliphatic heterocycles. The number of carbonyl (C=O) groups is 2. The van der Waals surface area contributed by atoms with Gasteiger partial charge in [-0.15, -0.1) is 11.3 Å². The standard InChI is InChI=1S/C33H33N3O3S/c1-2-22-10-12-24(13-11-22)33-27(21-31(37)35-39)20-30(40-33)32(38)26-15-14-25-18-28(23-8-4-3-5-9-23)36(29(25)19-26)17-7-6-16-34/h3-5,8-15,18-20,39H,2,6-7,16-17,21,34H2,1H3,(H,35,37). The molecule has 2 aromatic heterocycles. The number of hydrogen-bond donors (Lipinski definition) is 3. The Labute approximate surface area is 238 Å². The first kappa shape index (κ1) is 27.5. The number of hydroxylamine groups is 1. The van der Waals surface area contributed by atoms with Crippen molar-refractivity contribution in [2.45, 2.75) is 39.2 Å². The highest BCUT2D eigenvalue weighted by Gasteiger charge is 2.20. The van der Waals surface area contributed by atoms with Gasteiger partial charge in [0.2, 0.25) is 11.7 Å². The SMILES string of the molecule is CCc1ccc(-c2sc(C(=O)c3ccc4cc(-c5ccccc5)n(CCCCN)c4c3)cc2CC(=O)NO)cc1. The molecule has 2 heterocycles. The number of nitrogens with one attached hydrogen (secondary N) is 1. The Morgan fingerprint density at radius 2 is 1.70 bits per heavy atom. The maximum absolute atomic E-state index is 13.8. The number of hydrogen-bond acceptors (Lipinski definition) is 5. The van der Waals surface area contributed by atoms with E-state index in [0.29, 0.717) is 22.5 Å².